The Hall–Kier alpha value is -2.24. The second kappa shape index (κ2) is 11.0. The first kappa shape index (κ1) is 30.8. The van der Waals surface area contributed by atoms with E-state index in [4.69, 9.17) is 27.9 Å². The molecule has 2 aromatic carbocycles. The number of nitrogens with one attached hydrogen (secondary N) is 2. The molecule has 2 aromatic rings. The molecule has 1 aliphatic carbocycles. The summed E-state index contributed by atoms with van der Waals surface area (Å²) < 4.78 is 65.2. The molecule has 3 N–H and O–H groups in total. The summed E-state index contributed by atoms with van der Waals surface area (Å²) in [6, 6.07) is 5.17. The SMILES string of the molecule is C[C@@H](O)[C@@H]1CC[C@@H](CC(=O)[C@@H]2NC3(CC(CF)(CF)C3)[C@@]3(C(=O)Nc4cc(Cl)ccc43)[C@H]2c2cc(F)cc(Cl)c2F)CO1. The molecule has 0 unspecified atom stereocenters. The van der Waals surface area contributed by atoms with Crippen LogP contribution in [0.25, 0.3) is 0 Å². The number of anilines is 1. The van der Waals surface area contributed by atoms with Crippen LogP contribution in [0, 0.1) is 23.0 Å². The highest BCUT2D eigenvalue weighted by atomic mass is 35.5. The number of aliphatic hydroxyl groups is 1. The number of rotatable bonds is 7. The fourth-order valence-electron chi connectivity index (χ4n) is 8.23. The molecule has 43 heavy (non-hydrogen) atoms. The van der Waals surface area contributed by atoms with E-state index in [1.165, 1.54) is 6.07 Å². The fourth-order valence-corrected chi connectivity index (χ4v) is 8.61. The van der Waals surface area contributed by atoms with Gasteiger partial charge < -0.3 is 15.2 Å². The van der Waals surface area contributed by atoms with Crippen molar-refractivity contribution < 1.29 is 37.0 Å². The summed E-state index contributed by atoms with van der Waals surface area (Å²) in [6.07, 6.45) is -0.225. The van der Waals surface area contributed by atoms with Crippen LogP contribution >= 0.6 is 23.2 Å². The molecular weight excluding hydrogens is 611 g/mol. The number of ether oxygens (including phenoxy) is 1. The number of fused-ring (bicyclic) bond motifs is 3. The Balaban J connectivity index is 1.50. The molecule has 6 rings (SSSR count). The lowest BCUT2D eigenvalue weighted by atomic mass is 9.46. The number of benzene rings is 2. The van der Waals surface area contributed by atoms with Crippen molar-refractivity contribution in [3.8, 4) is 0 Å². The number of carbonyl (C=O) groups is 2. The lowest BCUT2D eigenvalue weighted by molar-refractivity contribution is -0.131. The van der Waals surface area contributed by atoms with Crippen molar-refractivity contribution >= 4 is 40.6 Å². The van der Waals surface area contributed by atoms with E-state index in [0.717, 1.165) is 12.1 Å². The summed E-state index contributed by atoms with van der Waals surface area (Å²) in [6.45, 7) is -0.146. The number of ketones is 1. The van der Waals surface area contributed by atoms with E-state index in [1.807, 2.05) is 0 Å². The van der Waals surface area contributed by atoms with Gasteiger partial charge in [-0.2, -0.15) is 0 Å². The molecule has 4 aliphatic rings. The quantitative estimate of drug-likeness (QED) is 0.262. The third-order valence-electron chi connectivity index (χ3n) is 10.1. The Bertz CT molecular complexity index is 1460. The van der Waals surface area contributed by atoms with Crippen LogP contribution in [0.3, 0.4) is 0 Å². The number of hydrogen-bond donors (Lipinski definition) is 3. The first-order chi connectivity index (χ1) is 20.4. The lowest BCUT2D eigenvalue weighted by Gasteiger charge is -2.59. The van der Waals surface area contributed by atoms with Crippen LogP contribution in [0.15, 0.2) is 30.3 Å². The van der Waals surface area contributed by atoms with Crippen molar-refractivity contribution in [2.45, 2.75) is 74.1 Å². The summed E-state index contributed by atoms with van der Waals surface area (Å²) >= 11 is 12.3. The molecule has 0 aromatic heterocycles. The van der Waals surface area contributed by atoms with Crippen molar-refractivity contribution in [3.05, 3.63) is 63.1 Å². The molecule has 0 radical (unpaired) electrons. The average molecular weight is 644 g/mol. The predicted molar refractivity (Wildman–Crippen MR) is 153 cm³/mol. The Morgan fingerprint density at radius 1 is 1.14 bits per heavy atom. The molecule has 3 fully saturated rings. The van der Waals surface area contributed by atoms with Crippen molar-refractivity contribution in [2.75, 3.05) is 25.3 Å². The summed E-state index contributed by atoms with van der Waals surface area (Å²) in [5, 5.41) is 15.8. The Morgan fingerprint density at radius 3 is 2.49 bits per heavy atom. The normalized spacial score (nSPS) is 31.1. The Labute approximate surface area is 256 Å². The minimum atomic E-state index is -1.75. The zero-order chi connectivity index (χ0) is 30.9. The lowest BCUT2D eigenvalue weighted by Crippen LogP contribution is -2.70. The molecule has 3 heterocycles. The van der Waals surface area contributed by atoms with Crippen LogP contribution in [-0.2, 0) is 19.7 Å². The zero-order valence-corrected chi connectivity index (χ0v) is 24.9. The molecular formula is C31H32Cl2F4N2O4. The van der Waals surface area contributed by atoms with Gasteiger partial charge in [-0.1, -0.05) is 29.3 Å². The number of aliphatic hydroxyl groups excluding tert-OH is 1. The number of hydrogen-bond acceptors (Lipinski definition) is 5. The third-order valence-corrected chi connectivity index (χ3v) is 10.6. The number of Topliss-reactive ketones (excluding diaryl/α,β-unsaturated/α-hetero) is 1. The highest BCUT2D eigenvalue weighted by molar-refractivity contribution is 6.31. The standard InChI is InChI=1S/C31H32Cl2F4N2O4/c1-15(40)24-5-2-16(10-43-24)6-23(41)27-25(19-8-18(36)9-21(33)26(19)37)31(30(39-27)11-29(12-30,13-34)14-35)20-4-3-17(32)7-22(20)38-28(31)42/h3-4,7-9,15-16,24-25,27,39-40H,2,5-6,10-14H2,1H3,(H,38,42)/t15-,16+,24+,25+,27+,31-/m1/s1. The van der Waals surface area contributed by atoms with E-state index < -0.39 is 70.3 Å². The van der Waals surface area contributed by atoms with Gasteiger partial charge in [0.1, 0.15) is 17.0 Å². The van der Waals surface area contributed by atoms with Crippen LogP contribution in [0.1, 0.15) is 56.1 Å². The molecule has 0 bridgehead atoms. The van der Waals surface area contributed by atoms with E-state index >= 15 is 4.39 Å². The van der Waals surface area contributed by atoms with E-state index in [1.54, 1.807) is 19.1 Å². The number of carbonyl (C=O) groups excluding carboxylic acids is 2. The topological polar surface area (TPSA) is 87.7 Å². The highest BCUT2D eigenvalue weighted by Crippen LogP contribution is 2.68. The number of halogens is 6. The highest BCUT2D eigenvalue weighted by Gasteiger charge is 2.78. The van der Waals surface area contributed by atoms with Crippen LogP contribution in [0.4, 0.5) is 23.2 Å². The summed E-state index contributed by atoms with van der Waals surface area (Å²) in [7, 11) is 0. The smallest absolute Gasteiger partial charge is 0.237 e. The van der Waals surface area contributed by atoms with Crippen molar-refractivity contribution in [1.82, 2.24) is 5.32 Å². The van der Waals surface area contributed by atoms with Crippen LogP contribution in [-0.4, -0.2) is 60.5 Å². The van der Waals surface area contributed by atoms with Gasteiger partial charge in [0, 0.05) is 34.0 Å². The van der Waals surface area contributed by atoms with E-state index in [0.29, 0.717) is 29.1 Å². The first-order valence-corrected chi connectivity index (χ1v) is 15.1. The van der Waals surface area contributed by atoms with Crippen LogP contribution in [0.5, 0.6) is 0 Å². The predicted octanol–water partition coefficient (Wildman–Crippen LogP) is 5.81. The van der Waals surface area contributed by atoms with E-state index in [9.17, 15) is 27.9 Å². The third kappa shape index (κ3) is 4.62. The summed E-state index contributed by atoms with van der Waals surface area (Å²) in [5.41, 5.74) is -4.10. The van der Waals surface area contributed by atoms with Crippen molar-refractivity contribution in [3.63, 3.8) is 0 Å². The fraction of sp³-hybridized carbons (Fsp3) is 0.548. The molecule has 1 saturated carbocycles. The summed E-state index contributed by atoms with van der Waals surface area (Å²) in [4.78, 5) is 28.5. The van der Waals surface area contributed by atoms with Gasteiger partial charge in [-0.25, -0.2) is 8.78 Å². The summed E-state index contributed by atoms with van der Waals surface area (Å²) in [5.74, 6) is -4.37. The second-order valence-corrected chi connectivity index (χ2v) is 13.6. The van der Waals surface area contributed by atoms with Gasteiger partial charge >= 0.3 is 0 Å². The maximum atomic E-state index is 16.0. The Morgan fingerprint density at radius 2 is 1.86 bits per heavy atom. The minimum absolute atomic E-state index is 0.00994. The van der Waals surface area contributed by atoms with Crippen LogP contribution < -0.4 is 10.6 Å². The Kier molecular flexibility index (Phi) is 7.86. The van der Waals surface area contributed by atoms with Gasteiger partial charge in [-0.3, -0.25) is 23.7 Å². The van der Waals surface area contributed by atoms with Gasteiger partial charge in [0.2, 0.25) is 5.91 Å². The maximum Gasteiger partial charge on any atom is 0.237 e. The maximum absolute atomic E-state index is 16.0. The van der Waals surface area contributed by atoms with Crippen LogP contribution in [0.2, 0.25) is 10.0 Å². The van der Waals surface area contributed by atoms with Gasteiger partial charge in [0.05, 0.1) is 43.2 Å². The van der Waals surface area contributed by atoms with Gasteiger partial charge in [0.15, 0.2) is 5.78 Å². The average Bonchev–Trinajstić information content (AvgIpc) is 3.42. The zero-order valence-electron chi connectivity index (χ0n) is 23.4. The van der Waals surface area contributed by atoms with Gasteiger partial charge in [-0.05, 0) is 73.9 Å². The number of alkyl halides is 2. The van der Waals surface area contributed by atoms with Gasteiger partial charge in [0.25, 0.3) is 0 Å². The largest absolute Gasteiger partial charge is 0.391 e. The molecule has 3 aliphatic heterocycles. The second-order valence-electron chi connectivity index (χ2n) is 12.8. The molecule has 2 saturated heterocycles. The number of amides is 1. The molecule has 1 amide bonds. The van der Waals surface area contributed by atoms with Crippen molar-refractivity contribution in [2.24, 2.45) is 11.3 Å². The molecule has 6 atom stereocenters. The minimum Gasteiger partial charge on any atom is -0.391 e. The van der Waals surface area contributed by atoms with E-state index in [-0.39, 0.29) is 49.2 Å². The molecule has 6 nitrogen and oxygen atoms in total. The molecule has 232 valence electrons. The van der Waals surface area contributed by atoms with E-state index in [2.05, 4.69) is 10.6 Å². The molecule has 12 heteroatoms. The molecule has 2 spiro atoms. The van der Waals surface area contributed by atoms with Crippen molar-refractivity contribution in [1.29, 1.82) is 0 Å². The first-order valence-electron chi connectivity index (χ1n) is 14.4. The van der Waals surface area contributed by atoms with Gasteiger partial charge in [-0.15, -0.1) is 0 Å². The monoisotopic (exact) mass is 642 g/mol.